The van der Waals surface area contributed by atoms with E-state index in [1.807, 2.05) is 29.6 Å². The van der Waals surface area contributed by atoms with Crippen molar-refractivity contribution < 1.29 is 9.59 Å². The monoisotopic (exact) mass is 340 g/mol. The van der Waals surface area contributed by atoms with Gasteiger partial charge < -0.3 is 10.2 Å². The molecule has 2 aromatic rings. The largest absolute Gasteiger partial charge is 0.340 e. The Kier molecular flexibility index (Phi) is 5.11. The Morgan fingerprint density at radius 1 is 1.17 bits per heavy atom. The molecule has 0 aliphatic carbocycles. The van der Waals surface area contributed by atoms with Gasteiger partial charge in [0.1, 0.15) is 6.04 Å². The molecule has 1 unspecified atom stereocenters. The van der Waals surface area contributed by atoms with E-state index in [2.05, 4.69) is 23.5 Å². The van der Waals surface area contributed by atoms with Gasteiger partial charge in [-0.2, -0.15) is 0 Å². The number of rotatable bonds is 4. The summed E-state index contributed by atoms with van der Waals surface area (Å²) in [6, 6.07) is 13.3. The van der Waals surface area contributed by atoms with E-state index in [9.17, 15) is 9.59 Å². The van der Waals surface area contributed by atoms with Gasteiger partial charge in [0.05, 0.1) is 4.88 Å². The minimum absolute atomic E-state index is 0.0386. The van der Waals surface area contributed by atoms with Crippen LogP contribution in [-0.2, 0) is 4.79 Å². The Labute approximate surface area is 145 Å². The first-order chi connectivity index (χ1) is 11.6. The van der Waals surface area contributed by atoms with E-state index >= 15 is 0 Å². The first-order valence-electron chi connectivity index (χ1n) is 8.03. The molecule has 0 fully saturated rings. The highest BCUT2D eigenvalue weighted by molar-refractivity contribution is 7.12. The average molecular weight is 340 g/mol. The van der Waals surface area contributed by atoms with E-state index in [0.29, 0.717) is 18.0 Å². The molecule has 1 atom stereocenters. The lowest BCUT2D eigenvalue weighted by atomic mass is 9.99. The zero-order valence-electron chi connectivity index (χ0n) is 13.6. The van der Waals surface area contributed by atoms with Crippen molar-refractivity contribution in [3.63, 3.8) is 0 Å². The van der Waals surface area contributed by atoms with Crippen molar-refractivity contribution in [2.75, 3.05) is 13.1 Å². The normalized spacial score (nSPS) is 15.5. The third kappa shape index (κ3) is 3.74. The van der Waals surface area contributed by atoms with Gasteiger partial charge in [-0.1, -0.05) is 42.5 Å². The highest BCUT2D eigenvalue weighted by Gasteiger charge is 2.24. The van der Waals surface area contributed by atoms with Gasteiger partial charge in [-0.3, -0.25) is 9.59 Å². The van der Waals surface area contributed by atoms with E-state index in [1.165, 1.54) is 22.5 Å². The number of amides is 2. The number of hydrogen-bond acceptors (Lipinski definition) is 3. The molecule has 0 saturated heterocycles. The van der Waals surface area contributed by atoms with Crippen molar-refractivity contribution in [1.29, 1.82) is 0 Å². The summed E-state index contributed by atoms with van der Waals surface area (Å²) in [5.41, 5.74) is 2.48. The molecule has 124 valence electrons. The number of benzene rings is 1. The van der Waals surface area contributed by atoms with E-state index in [-0.39, 0.29) is 11.8 Å². The summed E-state index contributed by atoms with van der Waals surface area (Å²) in [6.45, 7) is 3.01. The van der Waals surface area contributed by atoms with Crippen LogP contribution >= 0.6 is 11.3 Å². The number of thiophene rings is 1. The summed E-state index contributed by atoms with van der Waals surface area (Å²) in [5, 5.41) is 4.63. The second-order valence-electron chi connectivity index (χ2n) is 5.80. The van der Waals surface area contributed by atoms with Crippen LogP contribution < -0.4 is 5.32 Å². The molecule has 24 heavy (non-hydrogen) atoms. The number of nitrogens with zero attached hydrogens (tertiary/aromatic N) is 1. The SMILES string of the molecule is CC(NC(=O)c1cccs1)C(=O)N1CC=C(c2ccccc2)CC1. The standard InChI is InChI=1S/C19H20N2O2S/c1-14(20-18(22)17-8-5-13-24-17)19(23)21-11-9-16(10-12-21)15-6-3-2-4-7-15/h2-9,13-14H,10-12H2,1H3,(H,20,22). The van der Waals surface area contributed by atoms with Crippen LogP contribution in [0.4, 0.5) is 0 Å². The third-order valence-corrected chi connectivity index (χ3v) is 5.00. The zero-order valence-corrected chi connectivity index (χ0v) is 14.4. The molecule has 1 N–H and O–H groups in total. The molecule has 5 heteroatoms. The topological polar surface area (TPSA) is 49.4 Å². The Bertz CT molecular complexity index is 738. The predicted molar refractivity (Wildman–Crippen MR) is 96.9 cm³/mol. The highest BCUT2D eigenvalue weighted by atomic mass is 32.1. The second-order valence-corrected chi connectivity index (χ2v) is 6.75. The first kappa shape index (κ1) is 16.5. The first-order valence-corrected chi connectivity index (χ1v) is 8.90. The van der Waals surface area contributed by atoms with Crippen molar-refractivity contribution in [2.45, 2.75) is 19.4 Å². The molecule has 1 aliphatic rings. The van der Waals surface area contributed by atoms with E-state index in [1.54, 1.807) is 17.9 Å². The fourth-order valence-electron chi connectivity index (χ4n) is 2.79. The summed E-state index contributed by atoms with van der Waals surface area (Å²) < 4.78 is 0. The maximum atomic E-state index is 12.5. The van der Waals surface area contributed by atoms with Gasteiger partial charge in [-0.25, -0.2) is 0 Å². The van der Waals surface area contributed by atoms with Gasteiger partial charge in [-0.15, -0.1) is 11.3 Å². The molecule has 4 nitrogen and oxygen atoms in total. The van der Waals surface area contributed by atoms with Crippen molar-refractivity contribution in [2.24, 2.45) is 0 Å². The molecule has 1 aromatic carbocycles. The summed E-state index contributed by atoms with van der Waals surface area (Å²) in [5.74, 6) is -0.230. The quantitative estimate of drug-likeness (QED) is 0.929. The van der Waals surface area contributed by atoms with Gasteiger partial charge in [0.25, 0.3) is 5.91 Å². The number of hydrogen-bond donors (Lipinski definition) is 1. The van der Waals surface area contributed by atoms with E-state index in [4.69, 9.17) is 0 Å². The molecule has 0 saturated carbocycles. The molecule has 0 radical (unpaired) electrons. The van der Waals surface area contributed by atoms with Crippen molar-refractivity contribution in [1.82, 2.24) is 10.2 Å². The van der Waals surface area contributed by atoms with Crippen LogP contribution in [-0.4, -0.2) is 35.8 Å². The lowest BCUT2D eigenvalue weighted by Crippen LogP contribution is -2.48. The summed E-state index contributed by atoms with van der Waals surface area (Å²) in [4.78, 5) is 27.0. The van der Waals surface area contributed by atoms with Crippen molar-refractivity contribution in [3.05, 3.63) is 64.4 Å². The van der Waals surface area contributed by atoms with Crippen molar-refractivity contribution in [3.8, 4) is 0 Å². The summed E-state index contributed by atoms with van der Waals surface area (Å²) in [6.07, 6.45) is 2.94. The van der Waals surface area contributed by atoms with Gasteiger partial charge >= 0.3 is 0 Å². The van der Waals surface area contributed by atoms with Crippen LogP contribution in [0.5, 0.6) is 0 Å². The van der Waals surface area contributed by atoms with Crippen molar-refractivity contribution >= 4 is 28.7 Å². The Morgan fingerprint density at radius 2 is 1.96 bits per heavy atom. The van der Waals surface area contributed by atoms with Crippen LogP contribution in [0.2, 0.25) is 0 Å². The van der Waals surface area contributed by atoms with Gasteiger partial charge in [-0.05, 0) is 35.9 Å². The number of carbonyl (C=O) groups excluding carboxylic acids is 2. The van der Waals surface area contributed by atoms with Crippen LogP contribution in [0.1, 0.15) is 28.6 Å². The lowest BCUT2D eigenvalue weighted by Gasteiger charge is -2.29. The lowest BCUT2D eigenvalue weighted by molar-refractivity contribution is -0.132. The van der Waals surface area contributed by atoms with E-state index in [0.717, 1.165) is 6.42 Å². The second kappa shape index (κ2) is 7.45. The summed E-state index contributed by atoms with van der Waals surface area (Å²) in [7, 11) is 0. The zero-order chi connectivity index (χ0) is 16.9. The molecule has 2 heterocycles. The molecular formula is C19H20N2O2S. The molecule has 0 spiro atoms. The van der Waals surface area contributed by atoms with Crippen LogP contribution in [0.15, 0.2) is 53.9 Å². The molecule has 1 aromatic heterocycles. The highest BCUT2D eigenvalue weighted by Crippen LogP contribution is 2.22. The van der Waals surface area contributed by atoms with Crippen LogP contribution in [0, 0.1) is 0 Å². The number of nitrogens with one attached hydrogen (secondary N) is 1. The molecule has 2 amide bonds. The third-order valence-electron chi connectivity index (χ3n) is 4.13. The number of carbonyl (C=O) groups is 2. The van der Waals surface area contributed by atoms with Crippen LogP contribution in [0.3, 0.4) is 0 Å². The summed E-state index contributed by atoms with van der Waals surface area (Å²) >= 11 is 1.37. The Balaban J connectivity index is 1.58. The smallest absolute Gasteiger partial charge is 0.261 e. The molecule has 1 aliphatic heterocycles. The Hall–Kier alpha value is -2.40. The van der Waals surface area contributed by atoms with Gasteiger partial charge in [0.15, 0.2) is 0 Å². The fourth-order valence-corrected chi connectivity index (χ4v) is 3.42. The van der Waals surface area contributed by atoms with Gasteiger partial charge in [0.2, 0.25) is 5.91 Å². The maximum absolute atomic E-state index is 12.5. The fraction of sp³-hybridized carbons (Fsp3) is 0.263. The molecule has 0 bridgehead atoms. The minimum Gasteiger partial charge on any atom is -0.340 e. The predicted octanol–water partition coefficient (Wildman–Crippen LogP) is 3.18. The van der Waals surface area contributed by atoms with Gasteiger partial charge in [0, 0.05) is 13.1 Å². The molecule has 3 rings (SSSR count). The van der Waals surface area contributed by atoms with E-state index < -0.39 is 6.04 Å². The minimum atomic E-state index is -0.522. The molecular weight excluding hydrogens is 320 g/mol. The maximum Gasteiger partial charge on any atom is 0.261 e. The average Bonchev–Trinajstić information content (AvgIpc) is 3.17. The van der Waals surface area contributed by atoms with Crippen LogP contribution in [0.25, 0.3) is 5.57 Å². The Morgan fingerprint density at radius 3 is 2.58 bits per heavy atom.